The summed E-state index contributed by atoms with van der Waals surface area (Å²) >= 11 is 6.04. The van der Waals surface area contributed by atoms with Gasteiger partial charge in [0, 0.05) is 10.7 Å². The lowest BCUT2D eigenvalue weighted by Crippen LogP contribution is -2.54. The molecule has 110 valence electrons. The van der Waals surface area contributed by atoms with E-state index in [-0.39, 0.29) is 5.97 Å². The number of hydrogen-bond acceptors (Lipinski definition) is 3. The minimum Gasteiger partial charge on any atom is -0.467 e. The molecule has 1 N–H and O–H groups in total. The molecule has 1 aliphatic rings. The Bertz CT molecular complexity index is 477. The van der Waals surface area contributed by atoms with E-state index in [1.807, 2.05) is 24.3 Å². The zero-order valence-electron chi connectivity index (χ0n) is 12.1. The van der Waals surface area contributed by atoms with E-state index in [0.29, 0.717) is 10.9 Å². The van der Waals surface area contributed by atoms with Gasteiger partial charge in [0.2, 0.25) is 0 Å². The number of methoxy groups -OCH3 is 1. The Balaban J connectivity index is 2.33. The lowest BCUT2D eigenvalue weighted by molar-refractivity contribution is -0.149. The molecule has 2 atom stereocenters. The van der Waals surface area contributed by atoms with E-state index in [2.05, 4.69) is 12.2 Å². The van der Waals surface area contributed by atoms with Gasteiger partial charge in [-0.15, -0.1) is 0 Å². The second-order valence-corrected chi connectivity index (χ2v) is 5.89. The molecule has 2 unspecified atom stereocenters. The van der Waals surface area contributed by atoms with E-state index >= 15 is 0 Å². The highest BCUT2D eigenvalue weighted by atomic mass is 35.5. The Hall–Kier alpha value is -1.22. The molecule has 0 radical (unpaired) electrons. The van der Waals surface area contributed by atoms with Gasteiger partial charge in [-0.2, -0.15) is 0 Å². The van der Waals surface area contributed by atoms with Crippen LogP contribution in [0.1, 0.15) is 39.0 Å². The van der Waals surface area contributed by atoms with Crippen molar-refractivity contribution in [1.29, 1.82) is 0 Å². The number of carbonyl (C=O) groups excluding carboxylic acids is 1. The monoisotopic (exact) mass is 295 g/mol. The van der Waals surface area contributed by atoms with Gasteiger partial charge in [0.1, 0.15) is 5.54 Å². The van der Waals surface area contributed by atoms with Crippen molar-refractivity contribution in [3.63, 3.8) is 0 Å². The average Bonchev–Trinajstić information content (AvgIpc) is 2.46. The van der Waals surface area contributed by atoms with Gasteiger partial charge in [0.15, 0.2) is 0 Å². The smallest absolute Gasteiger partial charge is 0.331 e. The molecule has 4 heteroatoms. The Kier molecular flexibility index (Phi) is 4.92. The fourth-order valence-electron chi connectivity index (χ4n) is 3.29. The highest BCUT2D eigenvalue weighted by Crippen LogP contribution is 2.39. The summed E-state index contributed by atoms with van der Waals surface area (Å²) in [5.41, 5.74) is 0.259. The van der Waals surface area contributed by atoms with Crippen LogP contribution in [0.5, 0.6) is 0 Å². The fourth-order valence-corrected chi connectivity index (χ4v) is 3.48. The van der Waals surface area contributed by atoms with Gasteiger partial charge in [0.05, 0.1) is 7.11 Å². The second kappa shape index (κ2) is 6.49. The normalized spacial score (nSPS) is 26.1. The summed E-state index contributed by atoms with van der Waals surface area (Å²) in [6.45, 7) is 2.13. The summed E-state index contributed by atoms with van der Waals surface area (Å²) in [5.74, 6) is 0.131. The summed E-state index contributed by atoms with van der Waals surface area (Å²) in [5, 5.41) is 4.09. The first-order chi connectivity index (χ1) is 9.62. The van der Waals surface area contributed by atoms with Crippen LogP contribution in [-0.2, 0) is 9.53 Å². The molecule has 1 saturated carbocycles. The fraction of sp³-hybridized carbons (Fsp3) is 0.562. The van der Waals surface area contributed by atoms with Crippen LogP contribution in [0.15, 0.2) is 24.3 Å². The number of halogens is 1. The molecule has 1 aromatic carbocycles. The van der Waals surface area contributed by atoms with Gasteiger partial charge < -0.3 is 10.1 Å². The SMILES string of the molecule is CCC1CCCCC1(Nc1cccc(Cl)c1)C(=O)OC. The maximum Gasteiger partial charge on any atom is 0.331 e. The quantitative estimate of drug-likeness (QED) is 0.843. The molecule has 0 bridgehead atoms. The molecule has 3 nitrogen and oxygen atoms in total. The highest BCUT2D eigenvalue weighted by molar-refractivity contribution is 6.30. The predicted octanol–water partition coefficient (Wildman–Crippen LogP) is 4.26. The van der Waals surface area contributed by atoms with E-state index in [1.54, 1.807) is 0 Å². The molecule has 1 aliphatic carbocycles. The first kappa shape index (κ1) is 15.2. The maximum absolute atomic E-state index is 12.4. The van der Waals surface area contributed by atoms with Crippen molar-refractivity contribution in [2.45, 2.75) is 44.6 Å². The van der Waals surface area contributed by atoms with Crippen molar-refractivity contribution in [1.82, 2.24) is 0 Å². The van der Waals surface area contributed by atoms with Crippen LogP contribution in [0.3, 0.4) is 0 Å². The van der Waals surface area contributed by atoms with E-state index < -0.39 is 5.54 Å². The van der Waals surface area contributed by atoms with Gasteiger partial charge in [-0.1, -0.05) is 43.9 Å². The Morgan fingerprint density at radius 3 is 2.95 bits per heavy atom. The number of nitrogens with one attached hydrogen (secondary N) is 1. The van der Waals surface area contributed by atoms with E-state index in [0.717, 1.165) is 31.4 Å². The third-order valence-electron chi connectivity index (χ3n) is 4.31. The van der Waals surface area contributed by atoms with Crippen LogP contribution in [0.25, 0.3) is 0 Å². The summed E-state index contributed by atoms with van der Waals surface area (Å²) in [6.07, 6.45) is 5.04. The molecule has 0 aliphatic heterocycles. The van der Waals surface area contributed by atoms with Crippen molar-refractivity contribution in [2.75, 3.05) is 12.4 Å². The molecule has 2 rings (SSSR count). The number of hydrogen-bond donors (Lipinski definition) is 1. The molecule has 1 fully saturated rings. The van der Waals surface area contributed by atoms with Crippen molar-refractivity contribution in [3.8, 4) is 0 Å². The van der Waals surface area contributed by atoms with Crippen LogP contribution in [0.4, 0.5) is 5.69 Å². The van der Waals surface area contributed by atoms with Gasteiger partial charge in [-0.25, -0.2) is 4.79 Å². The minimum atomic E-state index is -0.619. The van der Waals surface area contributed by atoms with Crippen LogP contribution in [0, 0.1) is 5.92 Å². The molecule has 0 saturated heterocycles. The third-order valence-corrected chi connectivity index (χ3v) is 4.54. The zero-order valence-corrected chi connectivity index (χ0v) is 12.9. The summed E-state index contributed by atoms with van der Waals surface area (Å²) in [4.78, 5) is 12.4. The van der Waals surface area contributed by atoms with E-state index in [9.17, 15) is 4.79 Å². The average molecular weight is 296 g/mol. The third kappa shape index (κ3) is 2.93. The first-order valence-electron chi connectivity index (χ1n) is 7.24. The summed E-state index contributed by atoms with van der Waals surface area (Å²) in [7, 11) is 1.46. The van der Waals surface area contributed by atoms with Crippen molar-refractivity contribution in [2.24, 2.45) is 5.92 Å². The lowest BCUT2D eigenvalue weighted by Gasteiger charge is -2.42. The van der Waals surface area contributed by atoms with Gasteiger partial charge in [-0.3, -0.25) is 0 Å². The topological polar surface area (TPSA) is 38.3 Å². The first-order valence-corrected chi connectivity index (χ1v) is 7.62. The largest absolute Gasteiger partial charge is 0.467 e. The van der Waals surface area contributed by atoms with E-state index in [4.69, 9.17) is 16.3 Å². The molecular weight excluding hydrogens is 274 g/mol. The molecule has 0 heterocycles. The number of rotatable bonds is 4. The second-order valence-electron chi connectivity index (χ2n) is 5.45. The number of anilines is 1. The number of esters is 1. The maximum atomic E-state index is 12.4. The van der Waals surface area contributed by atoms with Crippen molar-refractivity contribution >= 4 is 23.3 Å². The minimum absolute atomic E-state index is 0.163. The number of carbonyl (C=O) groups is 1. The van der Waals surface area contributed by atoms with Crippen LogP contribution < -0.4 is 5.32 Å². The molecule has 0 spiro atoms. The predicted molar refractivity (Wildman–Crippen MR) is 82.1 cm³/mol. The van der Waals surface area contributed by atoms with Crippen LogP contribution in [-0.4, -0.2) is 18.6 Å². The molecule has 0 amide bonds. The van der Waals surface area contributed by atoms with Gasteiger partial charge in [-0.05, 0) is 37.0 Å². The van der Waals surface area contributed by atoms with Crippen molar-refractivity contribution in [3.05, 3.63) is 29.3 Å². The Morgan fingerprint density at radius 2 is 2.30 bits per heavy atom. The standard InChI is InChI=1S/C16H22ClNO2/c1-3-12-7-4-5-10-16(12,15(19)20-2)18-14-9-6-8-13(17)11-14/h6,8-9,11-12,18H,3-5,7,10H2,1-2H3. The number of benzene rings is 1. The van der Waals surface area contributed by atoms with Crippen LogP contribution >= 0.6 is 11.6 Å². The Morgan fingerprint density at radius 1 is 1.50 bits per heavy atom. The highest BCUT2D eigenvalue weighted by Gasteiger charge is 2.47. The van der Waals surface area contributed by atoms with Gasteiger partial charge >= 0.3 is 5.97 Å². The van der Waals surface area contributed by atoms with Gasteiger partial charge in [0.25, 0.3) is 0 Å². The molecular formula is C16H22ClNO2. The molecule has 20 heavy (non-hydrogen) atoms. The van der Waals surface area contributed by atoms with E-state index in [1.165, 1.54) is 13.5 Å². The Labute approximate surface area is 125 Å². The number of ether oxygens (including phenoxy) is 1. The van der Waals surface area contributed by atoms with Crippen molar-refractivity contribution < 1.29 is 9.53 Å². The molecule has 0 aromatic heterocycles. The molecule has 1 aromatic rings. The lowest BCUT2D eigenvalue weighted by atomic mass is 9.71. The summed E-state index contributed by atoms with van der Waals surface area (Å²) < 4.78 is 5.09. The van der Waals surface area contributed by atoms with Crippen LogP contribution in [0.2, 0.25) is 5.02 Å². The zero-order chi connectivity index (χ0) is 14.6. The summed E-state index contributed by atoms with van der Waals surface area (Å²) in [6, 6.07) is 7.51.